The molecule has 0 spiro atoms. The molecule has 0 radical (unpaired) electrons. The molecule has 0 aromatic heterocycles. The molecule has 4 rings (SSSR count). The van der Waals surface area contributed by atoms with Crippen molar-refractivity contribution in [1.29, 1.82) is 0 Å². The van der Waals surface area contributed by atoms with E-state index in [1.807, 2.05) is 30.3 Å². The number of aliphatic carboxylic acids is 1. The molecule has 0 bridgehead atoms. The highest BCUT2D eigenvalue weighted by atomic mass is 35.5. The van der Waals surface area contributed by atoms with E-state index in [1.165, 1.54) is 0 Å². The second kappa shape index (κ2) is 7.21. The zero-order valence-corrected chi connectivity index (χ0v) is 15.6. The number of para-hydroxylation sites is 1. The van der Waals surface area contributed by atoms with E-state index < -0.39 is 11.9 Å². The molecule has 1 unspecified atom stereocenters. The molecule has 2 aliphatic rings. The summed E-state index contributed by atoms with van der Waals surface area (Å²) < 4.78 is 6.08. The molecular weight excluding hydrogens is 366 g/mol. The lowest BCUT2D eigenvalue weighted by Crippen LogP contribution is -2.56. The average molecular weight is 386 g/mol. The van der Waals surface area contributed by atoms with Gasteiger partial charge >= 0.3 is 5.97 Å². The van der Waals surface area contributed by atoms with E-state index in [1.54, 1.807) is 19.1 Å². The van der Waals surface area contributed by atoms with Gasteiger partial charge in [-0.05, 0) is 30.3 Å². The van der Waals surface area contributed by atoms with Gasteiger partial charge < -0.3 is 20.1 Å². The molecule has 140 valence electrons. The standard InChI is InChI=1S/C20H20ClN3O3/c1-12(20(25)26)16-11-24(9-8-22-16)19-14-4-2-3-5-17(14)27-18-7-6-13(21)10-15(18)23-19/h2-7,10,12,16,22H,8-9,11H2,1H3,(H,25,26)/t12?,16-/m0/s1. The van der Waals surface area contributed by atoms with Crippen molar-refractivity contribution in [2.45, 2.75) is 13.0 Å². The first-order chi connectivity index (χ1) is 13.0. The maximum atomic E-state index is 11.4. The fraction of sp³-hybridized carbons (Fsp3) is 0.300. The van der Waals surface area contributed by atoms with Crippen LogP contribution in [-0.2, 0) is 4.79 Å². The number of rotatable bonds is 2. The Morgan fingerprint density at radius 1 is 1.33 bits per heavy atom. The van der Waals surface area contributed by atoms with Crippen LogP contribution in [0.1, 0.15) is 12.5 Å². The van der Waals surface area contributed by atoms with Crippen molar-refractivity contribution in [1.82, 2.24) is 10.2 Å². The van der Waals surface area contributed by atoms with Crippen LogP contribution in [0.4, 0.5) is 5.69 Å². The van der Waals surface area contributed by atoms with Gasteiger partial charge in [0.05, 0.1) is 11.5 Å². The smallest absolute Gasteiger partial charge is 0.307 e. The molecule has 2 aliphatic heterocycles. The zero-order valence-electron chi connectivity index (χ0n) is 14.9. The van der Waals surface area contributed by atoms with Gasteiger partial charge in [0, 0.05) is 30.7 Å². The number of fused-ring (bicyclic) bond motifs is 2. The van der Waals surface area contributed by atoms with Crippen LogP contribution in [0, 0.1) is 5.92 Å². The molecule has 0 amide bonds. The molecule has 1 saturated heterocycles. The second-order valence-electron chi connectivity index (χ2n) is 6.78. The number of hydrogen-bond donors (Lipinski definition) is 2. The van der Waals surface area contributed by atoms with E-state index in [0.29, 0.717) is 29.5 Å². The lowest BCUT2D eigenvalue weighted by Gasteiger charge is -2.37. The quantitative estimate of drug-likeness (QED) is 0.827. The number of carbonyl (C=O) groups is 1. The number of aliphatic imine (C=N–C) groups is 1. The van der Waals surface area contributed by atoms with Crippen LogP contribution >= 0.6 is 11.6 Å². The Morgan fingerprint density at radius 3 is 2.96 bits per heavy atom. The summed E-state index contributed by atoms with van der Waals surface area (Å²) in [6, 6.07) is 13.0. The van der Waals surface area contributed by atoms with Crippen molar-refractivity contribution < 1.29 is 14.6 Å². The molecule has 2 N–H and O–H groups in total. The summed E-state index contributed by atoms with van der Waals surface area (Å²) in [5, 5.41) is 13.3. The Balaban J connectivity index is 1.76. The van der Waals surface area contributed by atoms with Crippen molar-refractivity contribution >= 4 is 29.1 Å². The fourth-order valence-corrected chi connectivity index (χ4v) is 3.58. The lowest BCUT2D eigenvalue weighted by atomic mass is 9.99. The topological polar surface area (TPSA) is 74.2 Å². The molecule has 7 heteroatoms. The Kier molecular flexibility index (Phi) is 4.76. The van der Waals surface area contributed by atoms with Gasteiger partial charge in [-0.15, -0.1) is 0 Å². The molecule has 2 heterocycles. The number of nitrogens with zero attached hydrogens (tertiary/aromatic N) is 2. The third kappa shape index (κ3) is 3.50. The molecule has 0 saturated carbocycles. The van der Waals surface area contributed by atoms with Crippen LogP contribution in [0.2, 0.25) is 5.02 Å². The van der Waals surface area contributed by atoms with Gasteiger partial charge in [-0.25, -0.2) is 4.99 Å². The van der Waals surface area contributed by atoms with Crippen LogP contribution in [0.5, 0.6) is 11.5 Å². The first-order valence-corrected chi connectivity index (χ1v) is 9.27. The number of carboxylic acids is 1. The predicted octanol–water partition coefficient (Wildman–Crippen LogP) is 3.52. The maximum Gasteiger partial charge on any atom is 0.307 e. The van der Waals surface area contributed by atoms with E-state index in [-0.39, 0.29) is 6.04 Å². The predicted molar refractivity (Wildman–Crippen MR) is 104 cm³/mol. The number of hydrogen-bond acceptors (Lipinski definition) is 5. The fourth-order valence-electron chi connectivity index (χ4n) is 3.42. The summed E-state index contributed by atoms with van der Waals surface area (Å²) in [5.41, 5.74) is 1.54. The van der Waals surface area contributed by atoms with Crippen LogP contribution in [-0.4, -0.2) is 47.5 Å². The summed E-state index contributed by atoms with van der Waals surface area (Å²) in [6.45, 7) is 3.69. The van der Waals surface area contributed by atoms with Crippen molar-refractivity contribution in [2.24, 2.45) is 10.9 Å². The van der Waals surface area contributed by atoms with Gasteiger partial charge in [-0.2, -0.15) is 0 Å². The Hall–Kier alpha value is -2.57. The van der Waals surface area contributed by atoms with Crippen molar-refractivity contribution in [2.75, 3.05) is 19.6 Å². The third-order valence-corrected chi connectivity index (χ3v) is 5.23. The Bertz CT molecular complexity index is 915. The molecule has 6 nitrogen and oxygen atoms in total. The number of halogens is 1. The molecule has 0 aliphatic carbocycles. The third-order valence-electron chi connectivity index (χ3n) is 4.99. The monoisotopic (exact) mass is 385 g/mol. The van der Waals surface area contributed by atoms with Gasteiger partial charge in [0.25, 0.3) is 0 Å². The Morgan fingerprint density at radius 2 is 2.15 bits per heavy atom. The molecule has 1 fully saturated rings. The Labute approximate surface area is 162 Å². The maximum absolute atomic E-state index is 11.4. The molecule has 2 aromatic carbocycles. The van der Waals surface area contributed by atoms with Crippen molar-refractivity contribution in [3.05, 3.63) is 53.1 Å². The number of benzene rings is 2. The summed E-state index contributed by atoms with van der Waals surface area (Å²) >= 11 is 6.16. The van der Waals surface area contributed by atoms with E-state index in [9.17, 15) is 9.90 Å². The van der Waals surface area contributed by atoms with Crippen LogP contribution in [0.25, 0.3) is 0 Å². The molecule has 27 heavy (non-hydrogen) atoms. The first kappa shape index (κ1) is 17.8. The largest absolute Gasteiger partial charge is 0.481 e. The van der Waals surface area contributed by atoms with Gasteiger partial charge in [0.2, 0.25) is 0 Å². The van der Waals surface area contributed by atoms with Crippen molar-refractivity contribution in [3.63, 3.8) is 0 Å². The highest BCUT2D eigenvalue weighted by molar-refractivity contribution is 6.31. The minimum absolute atomic E-state index is 0.158. The highest BCUT2D eigenvalue weighted by Gasteiger charge is 2.31. The number of nitrogens with one attached hydrogen (secondary N) is 1. The average Bonchev–Trinajstić information content (AvgIpc) is 2.84. The minimum atomic E-state index is -0.807. The van der Waals surface area contributed by atoms with Gasteiger partial charge in [-0.1, -0.05) is 30.7 Å². The van der Waals surface area contributed by atoms with E-state index >= 15 is 0 Å². The highest BCUT2D eigenvalue weighted by Crippen LogP contribution is 2.39. The van der Waals surface area contributed by atoms with E-state index in [4.69, 9.17) is 21.3 Å². The summed E-state index contributed by atoms with van der Waals surface area (Å²) in [7, 11) is 0. The number of piperazine rings is 1. The number of amidine groups is 1. The minimum Gasteiger partial charge on any atom is -0.481 e. The molecular formula is C20H20ClN3O3. The summed E-state index contributed by atoms with van der Waals surface area (Å²) in [6.07, 6.45) is 0. The SMILES string of the molecule is CC(C(=O)O)[C@@H]1CN(C2=Nc3cc(Cl)ccc3Oc3ccccc32)CCN1. The number of ether oxygens (including phenoxy) is 1. The molecule has 2 atom stereocenters. The molecule has 2 aromatic rings. The van der Waals surface area contributed by atoms with Crippen LogP contribution < -0.4 is 10.1 Å². The lowest BCUT2D eigenvalue weighted by molar-refractivity contribution is -0.142. The van der Waals surface area contributed by atoms with Crippen LogP contribution in [0.15, 0.2) is 47.5 Å². The second-order valence-corrected chi connectivity index (χ2v) is 7.22. The van der Waals surface area contributed by atoms with Gasteiger partial charge in [0.1, 0.15) is 17.3 Å². The van der Waals surface area contributed by atoms with Crippen LogP contribution in [0.3, 0.4) is 0 Å². The van der Waals surface area contributed by atoms with Gasteiger partial charge in [0.15, 0.2) is 5.75 Å². The van der Waals surface area contributed by atoms with Crippen molar-refractivity contribution in [3.8, 4) is 11.5 Å². The normalized spacial score (nSPS) is 19.9. The van der Waals surface area contributed by atoms with Gasteiger partial charge in [-0.3, -0.25) is 4.79 Å². The zero-order chi connectivity index (χ0) is 19.0. The van der Waals surface area contributed by atoms with E-state index in [0.717, 1.165) is 23.7 Å². The first-order valence-electron chi connectivity index (χ1n) is 8.89. The number of carboxylic acid groups (broad SMARTS) is 1. The summed E-state index contributed by atoms with van der Waals surface area (Å²) in [5.74, 6) is 0.840. The van der Waals surface area contributed by atoms with E-state index in [2.05, 4.69) is 10.2 Å². The summed E-state index contributed by atoms with van der Waals surface area (Å²) in [4.78, 5) is 18.4.